The van der Waals surface area contributed by atoms with Crippen LogP contribution in [-0.2, 0) is 30.0 Å². The molecule has 0 spiro atoms. The van der Waals surface area contributed by atoms with E-state index in [1.54, 1.807) is 53.7 Å². The summed E-state index contributed by atoms with van der Waals surface area (Å²) in [6, 6.07) is 8.97. The van der Waals surface area contributed by atoms with Crippen molar-refractivity contribution in [3.8, 4) is 0 Å². The van der Waals surface area contributed by atoms with Crippen molar-refractivity contribution in [3.63, 3.8) is 0 Å². The summed E-state index contributed by atoms with van der Waals surface area (Å²) in [4.78, 5) is 33.6. The van der Waals surface area contributed by atoms with E-state index in [-0.39, 0.29) is 36.7 Å². The molecule has 2 aromatic carbocycles. The maximum atomic E-state index is 14.6. The first-order valence-electron chi connectivity index (χ1n) is 17.1. The van der Waals surface area contributed by atoms with Crippen molar-refractivity contribution in [3.05, 3.63) is 59.2 Å². The number of carbonyl (C=O) groups excluding carboxylic acids is 2. The number of benzene rings is 2. The highest BCUT2D eigenvalue weighted by atomic mass is 32.2. The molecule has 4 aliphatic heterocycles. The second-order valence-corrected chi connectivity index (χ2v) is 17.1. The number of fused-ring (bicyclic) bond motifs is 2. The van der Waals surface area contributed by atoms with E-state index >= 15 is 0 Å². The highest BCUT2D eigenvalue weighted by Gasteiger charge is 2.49. The maximum absolute atomic E-state index is 14.6. The van der Waals surface area contributed by atoms with E-state index in [4.69, 9.17) is 40.4 Å². The van der Waals surface area contributed by atoms with E-state index in [2.05, 4.69) is 10.6 Å². The second-order valence-electron chi connectivity index (χ2n) is 15.1. The van der Waals surface area contributed by atoms with E-state index in [0.29, 0.717) is 57.6 Å². The summed E-state index contributed by atoms with van der Waals surface area (Å²) in [5.74, 6) is 0.853. The highest BCUT2D eigenvalue weighted by molar-refractivity contribution is 8.14. The second kappa shape index (κ2) is 15.8. The van der Waals surface area contributed by atoms with Crippen LogP contribution in [0.4, 0.5) is 29.7 Å². The molecule has 284 valence electrons. The fourth-order valence-corrected chi connectivity index (χ4v) is 8.84. The SMILES string of the molecule is CC(C)(C)OC(=O)NC1=N[C@@]2(c3cc(N)ccc3F)COCC[C@H]2CS1.CC(C)(C)OC(=O)NC1=N[C@@]2(c3cc(N)ccc3F)COCC[C@H]2CS1. The Morgan fingerprint density at radius 1 is 0.750 bits per heavy atom. The van der Waals surface area contributed by atoms with Crippen LogP contribution in [0.2, 0.25) is 0 Å². The van der Waals surface area contributed by atoms with Crippen molar-refractivity contribution >= 4 is 57.4 Å². The summed E-state index contributed by atoms with van der Waals surface area (Å²) in [7, 11) is 0. The molecule has 0 aliphatic carbocycles. The van der Waals surface area contributed by atoms with Crippen LogP contribution in [0.1, 0.15) is 65.5 Å². The van der Waals surface area contributed by atoms with Gasteiger partial charge >= 0.3 is 12.2 Å². The van der Waals surface area contributed by atoms with Crippen LogP contribution in [0, 0.1) is 23.5 Å². The van der Waals surface area contributed by atoms with Crippen molar-refractivity contribution in [2.45, 2.75) is 76.7 Å². The van der Waals surface area contributed by atoms with Gasteiger partial charge in [0.2, 0.25) is 0 Å². The molecule has 2 amide bonds. The third-order valence-corrected chi connectivity index (χ3v) is 10.9. The summed E-state index contributed by atoms with van der Waals surface area (Å²) in [5, 5.41) is 6.17. The molecule has 16 heteroatoms. The van der Waals surface area contributed by atoms with E-state index in [9.17, 15) is 18.4 Å². The fraction of sp³-hybridized carbons (Fsp3) is 0.556. The molecule has 6 rings (SSSR count). The highest BCUT2D eigenvalue weighted by Crippen LogP contribution is 2.47. The minimum Gasteiger partial charge on any atom is -0.444 e. The number of anilines is 2. The zero-order valence-corrected chi connectivity index (χ0v) is 32.0. The minimum atomic E-state index is -0.896. The van der Waals surface area contributed by atoms with Gasteiger partial charge in [-0.05, 0) is 90.8 Å². The number of amides is 2. The van der Waals surface area contributed by atoms with Crippen LogP contribution in [-0.4, -0.2) is 71.7 Å². The van der Waals surface area contributed by atoms with Gasteiger partial charge in [-0.15, -0.1) is 0 Å². The molecule has 0 aromatic heterocycles. The Balaban J connectivity index is 0.000000201. The average Bonchev–Trinajstić information content (AvgIpc) is 3.05. The van der Waals surface area contributed by atoms with Crippen LogP contribution in [0.3, 0.4) is 0 Å². The summed E-state index contributed by atoms with van der Waals surface area (Å²) >= 11 is 2.87. The van der Waals surface area contributed by atoms with Crippen molar-refractivity contribution in [1.29, 1.82) is 0 Å². The zero-order valence-electron chi connectivity index (χ0n) is 30.3. The lowest BCUT2D eigenvalue weighted by atomic mass is 9.76. The van der Waals surface area contributed by atoms with Gasteiger partial charge in [-0.25, -0.2) is 28.4 Å². The number of carbonyl (C=O) groups is 2. The molecule has 0 unspecified atom stereocenters. The van der Waals surface area contributed by atoms with E-state index in [1.165, 1.54) is 47.8 Å². The quantitative estimate of drug-likeness (QED) is 0.247. The Labute approximate surface area is 311 Å². The Morgan fingerprint density at radius 2 is 1.13 bits per heavy atom. The molecular formula is C36H48F2N6O6S2. The van der Waals surface area contributed by atoms with Crippen molar-refractivity contribution in [2.75, 3.05) is 49.4 Å². The lowest BCUT2D eigenvalue weighted by Gasteiger charge is -2.44. The van der Waals surface area contributed by atoms with Crippen LogP contribution in [0.25, 0.3) is 0 Å². The number of nitrogens with zero attached hydrogens (tertiary/aromatic N) is 2. The number of nitrogen functional groups attached to an aromatic ring is 2. The fourth-order valence-electron chi connectivity index (χ4n) is 6.47. The minimum absolute atomic E-state index is 0.0988. The number of halogens is 2. The smallest absolute Gasteiger partial charge is 0.413 e. The number of alkyl carbamates (subject to hydrolysis) is 2. The molecule has 4 heterocycles. The van der Waals surface area contributed by atoms with Crippen LogP contribution in [0.15, 0.2) is 46.4 Å². The zero-order chi connectivity index (χ0) is 37.9. The van der Waals surface area contributed by atoms with Gasteiger partial charge in [0.15, 0.2) is 10.3 Å². The first kappa shape index (κ1) is 39.6. The Kier molecular flexibility index (Phi) is 12.0. The molecule has 0 saturated carbocycles. The number of thioether (sulfide) groups is 2. The normalized spacial score (nSPS) is 25.8. The predicted octanol–water partition coefficient (Wildman–Crippen LogP) is 6.53. The summed E-state index contributed by atoms with van der Waals surface area (Å²) in [6.45, 7) is 12.5. The lowest BCUT2D eigenvalue weighted by Crippen LogP contribution is -2.49. The Hall–Kier alpha value is -3.60. The number of aliphatic imine (C=N–C) groups is 2. The topological polar surface area (TPSA) is 172 Å². The van der Waals surface area contributed by atoms with Gasteiger partial charge in [0.1, 0.15) is 33.9 Å². The molecule has 12 nitrogen and oxygen atoms in total. The number of rotatable bonds is 2. The molecule has 6 N–H and O–H groups in total. The van der Waals surface area contributed by atoms with Crippen molar-refractivity contribution in [2.24, 2.45) is 21.8 Å². The van der Waals surface area contributed by atoms with Gasteiger partial charge in [0.25, 0.3) is 0 Å². The van der Waals surface area contributed by atoms with Gasteiger partial charge in [-0.1, -0.05) is 23.5 Å². The number of nitrogens with one attached hydrogen (secondary N) is 2. The number of amidine groups is 2. The van der Waals surface area contributed by atoms with Gasteiger partial charge in [0.05, 0.1) is 13.2 Å². The average molecular weight is 763 g/mol. The molecule has 4 aliphatic rings. The van der Waals surface area contributed by atoms with E-state index in [1.807, 2.05) is 0 Å². The largest absolute Gasteiger partial charge is 0.444 e. The van der Waals surface area contributed by atoms with Gasteiger partial charge < -0.3 is 30.4 Å². The molecule has 0 bridgehead atoms. The van der Waals surface area contributed by atoms with Gasteiger partial charge in [0, 0.05) is 59.1 Å². The van der Waals surface area contributed by atoms with Crippen LogP contribution >= 0.6 is 23.5 Å². The van der Waals surface area contributed by atoms with Gasteiger partial charge in [-0.3, -0.25) is 10.6 Å². The van der Waals surface area contributed by atoms with Crippen molar-refractivity contribution < 1.29 is 37.3 Å². The number of hydrogen-bond donors (Lipinski definition) is 4. The molecule has 2 saturated heterocycles. The summed E-state index contributed by atoms with van der Waals surface area (Å²) < 4.78 is 51.2. The third kappa shape index (κ3) is 9.49. The number of nitrogens with two attached hydrogens (primary N) is 2. The third-order valence-electron chi connectivity index (χ3n) is 8.79. The van der Waals surface area contributed by atoms with Crippen molar-refractivity contribution in [1.82, 2.24) is 10.6 Å². The maximum Gasteiger partial charge on any atom is 0.413 e. The molecule has 2 aromatic rings. The molecule has 52 heavy (non-hydrogen) atoms. The molecule has 0 radical (unpaired) electrons. The van der Waals surface area contributed by atoms with E-state index < -0.39 is 34.5 Å². The lowest BCUT2D eigenvalue weighted by molar-refractivity contribution is 0.00280. The molecular weight excluding hydrogens is 715 g/mol. The standard InChI is InChI=1S/2C18H24FN3O3S/c2*1-17(2,3)25-16(23)21-15-22-18(10-24-7-6-11(18)9-26-15)13-8-12(20)4-5-14(13)19/h2*4-5,8,11H,6-7,9-10,20H2,1-3H3,(H,21,22,23)/t2*11-,18-/m00/s1. The van der Waals surface area contributed by atoms with Gasteiger partial charge in [-0.2, -0.15) is 0 Å². The van der Waals surface area contributed by atoms with Crippen LogP contribution in [0.5, 0.6) is 0 Å². The van der Waals surface area contributed by atoms with Crippen LogP contribution < -0.4 is 22.1 Å². The number of ether oxygens (including phenoxy) is 4. The Morgan fingerprint density at radius 3 is 1.50 bits per heavy atom. The molecule has 4 atom stereocenters. The summed E-state index contributed by atoms with van der Waals surface area (Å²) in [6.07, 6.45) is 0.374. The summed E-state index contributed by atoms with van der Waals surface area (Å²) in [5.41, 5.74) is 10.5. The first-order chi connectivity index (χ1) is 24.4. The monoisotopic (exact) mass is 762 g/mol. The number of hydrogen-bond acceptors (Lipinski definition) is 12. The Bertz CT molecular complexity index is 1590. The van der Waals surface area contributed by atoms with E-state index in [0.717, 1.165) is 12.8 Å². The predicted molar refractivity (Wildman–Crippen MR) is 201 cm³/mol. The molecule has 2 fully saturated rings. The first-order valence-corrected chi connectivity index (χ1v) is 19.1.